The largest absolute Gasteiger partial charge is 0.366 e. The van der Waals surface area contributed by atoms with Gasteiger partial charge in [-0.3, -0.25) is 0 Å². The Morgan fingerprint density at radius 1 is 1.46 bits per heavy atom. The van der Waals surface area contributed by atoms with Crippen LogP contribution in [0.2, 0.25) is 5.28 Å². The summed E-state index contributed by atoms with van der Waals surface area (Å²) in [5.41, 5.74) is 2.72. The molecule has 0 spiro atoms. The van der Waals surface area contributed by atoms with Crippen LogP contribution in [0.3, 0.4) is 0 Å². The van der Waals surface area contributed by atoms with Crippen LogP contribution in [-0.2, 0) is 9.84 Å². The summed E-state index contributed by atoms with van der Waals surface area (Å²) in [6.07, 6.45) is 4.18. The molecule has 0 saturated carbocycles. The van der Waals surface area contributed by atoms with Gasteiger partial charge in [0.15, 0.2) is 0 Å². The molecular formula is C16H23ClN4O2S. The number of aromatic nitrogens is 3. The van der Waals surface area contributed by atoms with Crippen molar-refractivity contribution in [2.45, 2.75) is 39.2 Å². The summed E-state index contributed by atoms with van der Waals surface area (Å²) >= 11 is 6.06. The Labute approximate surface area is 147 Å². The molecule has 3 atom stereocenters. The molecule has 2 aromatic rings. The third-order valence-corrected chi connectivity index (χ3v) is 6.22. The summed E-state index contributed by atoms with van der Waals surface area (Å²) < 4.78 is 23.1. The molecule has 3 heterocycles. The van der Waals surface area contributed by atoms with Gasteiger partial charge >= 0.3 is 0 Å². The number of halogens is 1. The molecule has 8 heteroatoms. The van der Waals surface area contributed by atoms with Gasteiger partial charge in [0.1, 0.15) is 15.5 Å². The summed E-state index contributed by atoms with van der Waals surface area (Å²) in [7, 11) is -2.96. The van der Waals surface area contributed by atoms with E-state index < -0.39 is 9.84 Å². The molecule has 0 amide bonds. The third kappa shape index (κ3) is 3.11. The quantitative estimate of drug-likeness (QED) is 0.818. The second-order valence-electron chi connectivity index (χ2n) is 6.83. The van der Waals surface area contributed by atoms with Crippen molar-refractivity contribution < 1.29 is 8.42 Å². The van der Waals surface area contributed by atoms with E-state index >= 15 is 0 Å². The van der Waals surface area contributed by atoms with E-state index in [1.165, 1.54) is 6.26 Å². The normalized spacial score (nSPS) is 22.6. The average Bonchev–Trinajstić information content (AvgIpc) is 2.91. The summed E-state index contributed by atoms with van der Waals surface area (Å²) in [5.74, 6) is 0.657. The van der Waals surface area contributed by atoms with Gasteiger partial charge in [0.25, 0.3) is 0 Å². The Morgan fingerprint density at radius 2 is 2.17 bits per heavy atom. The molecule has 0 aliphatic carbocycles. The number of hydrogen-bond donors (Lipinski definition) is 1. The molecule has 0 radical (unpaired) electrons. The number of rotatable bonds is 5. The van der Waals surface area contributed by atoms with Crippen molar-refractivity contribution in [3.63, 3.8) is 0 Å². The van der Waals surface area contributed by atoms with Gasteiger partial charge in [0.2, 0.25) is 5.28 Å². The molecule has 0 unspecified atom stereocenters. The van der Waals surface area contributed by atoms with Crippen molar-refractivity contribution in [1.29, 1.82) is 0 Å². The fourth-order valence-electron chi connectivity index (χ4n) is 3.38. The van der Waals surface area contributed by atoms with Crippen molar-refractivity contribution >= 4 is 38.2 Å². The van der Waals surface area contributed by atoms with Crippen molar-refractivity contribution in [3.05, 3.63) is 17.2 Å². The Morgan fingerprint density at radius 3 is 2.75 bits per heavy atom. The van der Waals surface area contributed by atoms with E-state index in [2.05, 4.69) is 40.6 Å². The SMILES string of the molecule is CC[C@H](C)c1nc(Cl)nc2[nH]cc(N3C[C@H](CS(C)(=O)=O)[C@H]3C)c12. The molecule has 6 nitrogen and oxygen atoms in total. The zero-order valence-electron chi connectivity index (χ0n) is 14.4. The summed E-state index contributed by atoms with van der Waals surface area (Å²) in [5, 5.41) is 1.25. The average molecular weight is 371 g/mol. The number of sulfone groups is 1. The van der Waals surface area contributed by atoms with E-state index in [4.69, 9.17) is 11.6 Å². The Hall–Kier alpha value is -1.34. The summed E-state index contributed by atoms with van der Waals surface area (Å²) in [4.78, 5) is 14.2. The summed E-state index contributed by atoms with van der Waals surface area (Å²) in [6, 6.07) is 0.166. The highest BCUT2D eigenvalue weighted by Crippen LogP contribution is 2.39. The van der Waals surface area contributed by atoms with Gasteiger partial charge in [0.05, 0.1) is 22.5 Å². The Kier molecular flexibility index (Phi) is 4.51. The highest BCUT2D eigenvalue weighted by molar-refractivity contribution is 7.90. The number of nitrogens with one attached hydrogen (secondary N) is 1. The predicted octanol–water partition coefficient (Wildman–Crippen LogP) is 2.99. The van der Waals surface area contributed by atoms with Gasteiger partial charge in [-0.25, -0.2) is 13.4 Å². The first-order chi connectivity index (χ1) is 11.2. The van der Waals surface area contributed by atoms with Crippen molar-refractivity contribution in [1.82, 2.24) is 15.0 Å². The van der Waals surface area contributed by atoms with Crippen LogP contribution in [0, 0.1) is 5.92 Å². The lowest BCUT2D eigenvalue weighted by Crippen LogP contribution is -2.57. The first-order valence-electron chi connectivity index (χ1n) is 8.20. The molecule has 1 fully saturated rings. The maximum atomic E-state index is 11.5. The lowest BCUT2D eigenvalue weighted by Gasteiger charge is -2.47. The fourth-order valence-corrected chi connectivity index (χ4v) is 4.72. The highest BCUT2D eigenvalue weighted by atomic mass is 35.5. The molecule has 1 saturated heterocycles. The molecule has 24 heavy (non-hydrogen) atoms. The first-order valence-corrected chi connectivity index (χ1v) is 10.6. The second-order valence-corrected chi connectivity index (χ2v) is 9.35. The molecule has 1 aliphatic rings. The maximum absolute atomic E-state index is 11.5. The van der Waals surface area contributed by atoms with Crippen molar-refractivity contribution in [2.24, 2.45) is 5.92 Å². The van der Waals surface area contributed by atoms with Gasteiger partial charge in [-0.05, 0) is 30.9 Å². The minimum Gasteiger partial charge on any atom is -0.366 e. The van der Waals surface area contributed by atoms with E-state index in [1.54, 1.807) is 0 Å². The van der Waals surface area contributed by atoms with Crippen LogP contribution < -0.4 is 4.90 Å². The van der Waals surface area contributed by atoms with Crippen LogP contribution in [0.5, 0.6) is 0 Å². The van der Waals surface area contributed by atoms with Crippen LogP contribution in [0.1, 0.15) is 38.8 Å². The van der Waals surface area contributed by atoms with E-state index in [9.17, 15) is 8.42 Å². The Bertz CT molecular complexity index is 864. The number of hydrogen-bond acceptors (Lipinski definition) is 5. The van der Waals surface area contributed by atoms with Crippen LogP contribution in [-0.4, -0.2) is 48.0 Å². The smallest absolute Gasteiger partial charge is 0.224 e. The number of anilines is 1. The molecule has 0 bridgehead atoms. The van der Waals surface area contributed by atoms with Crippen LogP contribution in [0.15, 0.2) is 6.20 Å². The maximum Gasteiger partial charge on any atom is 0.224 e. The van der Waals surface area contributed by atoms with Gasteiger partial charge in [-0.2, -0.15) is 4.98 Å². The van der Waals surface area contributed by atoms with Crippen LogP contribution >= 0.6 is 11.6 Å². The zero-order valence-corrected chi connectivity index (χ0v) is 15.9. The molecule has 1 N–H and O–H groups in total. The van der Waals surface area contributed by atoms with Gasteiger partial charge in [-0.15, -0.1) is 0 Å². The minimum atomic E-state index is -2.96. The van der Waals surface area contributed by atoms with E-state index in [0.29, 0.717) is 0 Å². The predicted molar refractivity (Wildman–Crippen MR) is 97.6 cm³/mol. The van der Waals surface area contributed by atoms with E-state index in [1.807, 2.05) is 6.20 Å². The van der Waals surface area contributed by atoms with Gasteiger partial charge < -0.3 is 9.88 Å². The highest BCUT2D eigenvalue weighted by Gasteiger charge is 2.39. The third-order valence-electron chi connectivity index (χ3n) is 5.02. The Balaban J connectivity index is 1.97. The molecule has 3 rings (SSSR count). The summed E-state index contributed by atoms with van der Waals surface area (Å²) in [6.45, 7) is 7.04. The van der Waals surface area contributed by atoms with E-state index in [-0.39, 0.29) is 28.9 Å². The van der Waals surface area contributed by atoms with Crippen LogP contribution in [0.25, 0.3) is 11.0 Å². The molecule has 132 valence electrons. The number of H-pyrrole nitrogens is 1. The molecular weight excluding hydrogens is 348 g/mol. The minimum absolute atomic E-state index is 0.158. The molecule has 1 aliphatic heterocycles. The standard InChI is InChI=1S/C16H23ClN4O2S/c1-5-9(2)14-13-12(6-18-15(13)20-16(17)19-14)21-7-11(10(21)3)8-24(4,22)23/h6,9-11H,5,7-8H2,1-4H3,(H,18,19,20)/t9-,10+,11+/m0/s1. The molecule has 0 aromatic carbocycles. The lowest BCUT2D eigenvalue weighted by molar-refractivity contribution is 0.342. The topological polar surface area (TPSA) is 79.0 Å². The number of aromatic amines is 1. The fraction of sp³-hybridized carbons (Fsp3) is 0.625. The zero-order chi connectivity index (χ0) is 17.6. The number of nitrogens with zero attached hydrogens (tertiary/aromatic N) is 3. The van der Waals surface area contributed by atoms with Gasteiger partial charge in [0, 0.05) is 31.0 Å². The van der Waals surface area contributed by atoms with Crippen molar-refractivity contribution in [2.75, 3.05) is 23.5 Å². The van der Waals surface area contributed by atoms with Crippen LogP contribution in [0.4, 0.5) is 5.69 Å². The molecule has 2 aromatic heterocycles. The number of fused-ring (bicyclic) bond motifs is 1. The lowest BCUT2D eigenvalue weighted by atomic mass is 9.90. The van der Waals surface area contributed by atoms with E-state index in [0.717, 1.165) is 35.4 Å². The monoisotopic (exact) mass is 370 g/mol. The first kappa shape index (κ1) is 17.5. The second kappa shape index (κ2) is 6.19. The van der Waals surface area contributed by atoms with Gasteiger partial charge in [-0.1, -0.05) is 13.8 Å². The van der Waals surface area contributed by atoms with Crippen molar-refractivity contribution in [3.8, 4) is 0 Å².